The number of nitrogens with zero attached hydrogens (tertiary/aromatic N) is 5. The van der Waals surface area contributed by atoms with Crippen molar-refractivity contribution in [2.75, 3.05) is 18.1 Å². The third-order valence-electron chi connectivity index (χ3n) is 6.61. The second kappa shape index (κ2) is 7.18. The van der Waals surface area contributed by atoms with Crippen molar-refractivity contribution in [1.82, 2.24) is 24.9 Å². The van der Waals surface area contributed by atoms with E-state index >= 15 is 0 Å². The lowest BCUT2D eigenvalue weighted by molar-refractivity contribution is 0.0918. The maximum atomic E-state index is 14.4. The number of pyridine rings is 1. The first-order valence-corrected chi connectivity index (χ1v) is 10.7. The zero-order valence-corrected chi connectivity index (χ0v) is 17.8. The van der Waals surface area contributed by atoms with Gasteiger partial charge in [0.15, 0.2) is 11.3 Å². The molecule has 2 aliphatic rings. The van der Waals surface area contributed by atoms with E-state index in [0.29, 0.717) is 28.6 Å². The van der Waals surface area contributed by atoms with Crippen LogP contribution in [0.5, 0.6) is 5.88 Å². The first-order chi connectivity index (χ1) is 14.9. The zero-order chi connectivity index (χ0) is 21.8. The van der Waals surface area contributed by atoms with Crippen molar-refractivity contribution in [2.45, 2.75) is 45.2 Å². The fourth-order valence-corrected chi connectivity index (χ4v) is 5.04. The Morgan fingerprint density at radius 2 is 2.13 bits per heavy atom. The van der Waals surface area contributed by atoms with Crippen molar-refractivity contribution in [2.24, 2.45) is 5.92 Å². The number of nitrogens with one attached hydrogen (secondary N) is 1. The standard InChI is InChI=1S/C22H25FN6O2/c1-4-22-13(2)7-8-28(22)19-6-5-18-24-11-17(29(18)27-19)20(30)26-14(3)12-31-21-16(22)9-15(23)10-25-21/h5-6,9-11,13-14H,4,7-8,12H2,1-3H3,(H,26,30)/t13-,14-,22-/m1/s1. The monoisotopic (exact) mass is 424 g/mol. The SMILES string of the molecule is CC[C@@]12c3cc(F)cnc3OC[C@@H](C)NC(=O)c3cnc4ccc(nn34)N1CC[C@H]2C. The minimum Gasteiger partial charge on any atom is -0.475 e. The fraction of sp³-hybridized carbons (Fsp3) is 0.455. The summed E-state index contributed by atoms with van der Waals surface area (Å²) in [4.78, 5) is 23.7. The van der Waals surface area contributed by atoms with Crippen molar-refractivity contribution >= 4 is 17.4 Å². The number of amides is 1. The van der Waals surface area contributed by atoms with Gasteiger partial charge in [-0.25, -0.2) is 18.9 Å². The molecule has 5 rings (SSSR count). The van der Waals surface area contributed by atoms with Crippen molar-refractivity contribution in [3.63, 3.8) is 0 Å². The highest BCUT2D eigenvalue weighted by molar-refractivity contribution is 5.93. The number of aromatic nitrogens is 4. The molecule has 0 spiro atoms. The average molecular weight is 424 g/mol. The molecule has 0 unspecified atom stereocenters. The van der Waals surface area contributed by atoms with E-state index in [1.807, 2.05) is 19.1 Å². The molecule has 1 saturated heterocycles. The number of rotatable bonds is 1. The number of carbonyl (C=O) groups excluding carboxylic acids is 1. The molecule has 0 aromatic carbocycles. The van der Waals surface area contributed by atoms with E-state index < -0.39 is 11.4 Å². The molecule has 5 heterocycles. The number of ether oxygens (including phenoxy) is 1. The predicted molar refractivity (Wildman–Crippen MR) is 113 cm³/mol. The van der Waals surface area contributed by atoms with Gasteiger partial charge in [0.05, 0.1) is 24.0 Å². The fourth-order valence-electron chi connectivity index (χ4n) is 5.04. The summed E-state index contributed by atoms with van der Waals surface area (Å²) in [6.07, 6.45) is 4.34. The maximum absolute atomic E-state index is 14.4. The Hall–Kier alpha value is -3.23. The van der Waals surface area contributed by atoms with E-state index in [4.69, 9.17) is 9.84 Å². The zero-order valence-electron chi connectivity index (χ0n) is 17.8. The summed E-state index contributed by atoms with van der Waals surface area (Å²) < 4.78 is 22.1. The van der Waals surface area contributed by atoms with Gasteiger partial charge in [-0.05, 0) is 43.9 Å². The van der Waals surface area contributed by atoms with Gasteiger partial charge in [-0.3, -0.25) is 4.79 Å². The maximum Gasteiger partial charge on any atom is 0.271 e. The summed E-state index contributed by atoms with van der Waals surface area (Å²) in [5, 5.41) is 7.70. The highest BCUT2D eigenvalue weighted by Crippen LogP contribution is 2.50. The van der Waals surface area contributed by atoms with Gasteiger partial charge in [-0.2, -0.15) is 0 Å². The molecule has 0 aliphatic carbocycles. The first-order valence-electron chi connectivity index (χ1n) is 10.7. The van der Waals surface area contributed by atoms with E-state index in [-0.39, 0.29) is 24.5 Å². The molecule has 3 atom stereocenters. The lowest BCUT2D eigenvalue weighted by atomic mass is 9.77. The average Bonchev–Trinajstić information content (AvgIpc) is 3.33. The predicted octanol–water partition coefficient (Wildman–Crippen LogP) is 2.93. The summed E-state index contributed by atoms with van der Waals surface area (Å²) in [7, 11) is 0. The van der Waals surface area contributed by atoms with Gasteiger partial charge < -0.3 is 15.0 Å². The van der Waals surface area contributed by atoms with Crippen LogP contribution < -0.4 is 15.0 Å². The van der Waals surface area contributed by atoms with Gasteiger partial charge >= 0.3 is 0 Å². The summed E-state index contributed by atoms with van der Waals surface area (Å²) in [5.41, 5.74) is 1.13. The second-order valence-corrected chi connectivity index (χ2v) is 8.42. The lowest BCUT2D eigenvalue weighted by Gasteiger charge is -2.42. The molecule has 3 aromatic rings. The van der Waals surface area contributed by atoms with E-state index in [2.05, 4.69) is 34.0 Å². The van der Waals surface area contributed by atoms with Crippen LogP contribution in [0.2, 0.25) is 0 Å². The Morgan fingerprint density at radius 3 is 2.94 bits per heavy atom. The van der Waals surface area contributed by atoms with Gasteiger partial charge in [-0.15, -0.1) is 5.10 Å². The first kappa shape index (κ1) is 19.7. The van der Waals surface area contributed by atoms with Crippen molar-refractivity contribution in [3.05, 3.63) is 47.7 Å². The van der Waals surface area contributed by atoms with Gasteiger partial charge in [-0.1, -0.05) is 13.8 Å². The number of hydrogen-bond donors (Lipinski definition) is 1. The molecule has 1 amide bonds. The molecule has 3 aromatic heterocycles. The molecule has 1 N–H and O–H groups in total. The molecule has 2 aliphatic heterocycles. The van der Waals surface area contributed by atoms with Crippen LogP contribution >= 0.6 is 0 Å². The second-order valence-electron chi connectivity index (χ2n) is 8.42. The van der Waals surface area contributed by atoms with Gasteiger partial charge in [0.2, 0.25) is 5.88 Å². The van der Waals surface area contributed by atoms with E-state index in [0.717, 1.165) is 19.4 Å². The van der Waals surface area contributed by atoms with Crippen LogP contribution in [0.15, 0.2) is 30.6 Å². The number of halogens is 1. The molecule has 0 saturated carbocycles. The molecule has 1 fully saturated rings. The van der Waals surface area contributed by atoms with Gasteiger partial charge in [0.1, 0.15) is 18.2 Å². The smallest absolute Gasteiger partial charge is 0.271 e. The Morgan fingerprint density at radius 1 is 1.29 bits per heavy atom. The normalized spacial score (nSPS) is 25.8. The number of imidazole rings is 1. The number of fused-ring (bicyclic) bond motifs is 5. The Labute approximate surface area is 179 Å². The minimum absolute atomic E-state index is 0.207. The summed E-state index contributed by atoms with van der Waals surface area (Å²) in [6, 6.07) is 5.00. The Balaban J connectivity index is 1.78. The van der Waals surface area contributed by atoms with Crippen LogP contribution in [0.4, 0.5) is 10.2 Å². The molecule has 162 valence electrons. The van der Waals surface area contributed by atoms with Crippen LogP contribution in [0, 0.1) is 11.7 Å². The highest BCUT2D eigenvalue weighted by atomic mass is 19.1. The van der Waals surface area contributed by atoms with Gasteiger partial charge in [0.25, 0.3) is 5.91 Å². The van der Waals surface area contributed by atoms with E-state index in [1.165, 1.54) is 18.5 Å². The van der Waals surface area contributed by atoms with Crippen molar-refractivity contribution in [1.29, 1.82) is 0 Å². The molecular formula is C22H25FN6O2. The summed E-state index contributed by atoms with van der Waals surface area (Å²) in [5.74, 6) is 0.625. The van der Waals surface area contributed by atoms with Crippen molar-refractivity contribution in [3.8, 4) is 5.88 Å². The molecule has 31 heavy (non-hydrogen) atoms. The summed E-state index contributed by atoms with van der Waals surface area (Å²) >= 11 is 0. The molecule has 9 heteroatoms. The number of anilines is 1. The Bertz CT molecular complexity index is 1160. The van der Waals surface area contributed by atoms with Crippen molar-refractivity contribution < 1.29 is 13.9 Å². The highest BCUT2D eigenvalue weighted by Gasteiger charge is 2.49. The van der Waals surface area contributed by atoms with Crippen LogP contribution in [0.1, 0.15) is 49.7 Å². The van der Waals surface area contributed by atoms with Crippen LogP contribution in [-0.2, 0) is 5.54 Å². The van der Waals surface area contributed by atoms with Crippen LogP contribution in [-0.4, -0.2) is 44.7 Å². The van der Waals surface area contributed by atoms with Gasteiger partial charge in [0, 0.05) is 12.1 Å². The van der Waals surface area contributed by atoms with Crippen LogP contribution in [0.3, 0.4) is 0 Å². The molecule has 0 radical (unpaired) electrons. The largest absolute Gasteiger partial charge is 0.475 e. The lowest BCUT2D eigenvalue weighted by Crippen LogP contribution is -2.45. The number of carbonyl (C=O) groups is 1. The third kappa shape index (κ3) is 2.94. The van der Waals surface area contributed by atoms with Crippen LogP contribution in [0.25, 0.3) is 5.65 Å². The molecule has 8 nitrogen and oxygen atoms in total. The third-order valence-corrected chi connectivity index (χ3v) is 6.61. The molecular weight excluding hydrogens is 399 g/mol. The molecule has 2 bridgehead atoms. The van der Waals surface area contributed by atoms with E-state index in [9.17, 15) is 9.18 Å². The quantitative estimate of drug-likeness (QED) is 0.647. The minimum atomic E-state index is -0.541. The summed E-state index contributed by atoms with van der Waals surface area (Å²) in [6.45, 7) is 7.07. The number of hydrogen-bond acceptors (Lipinski definition) is 6. The Kier molecular flexibility index (Phi) is 4.56. The topological polar surface area (TPSA) is 84.6 Å². The van der Waals surface area contributed by atoms with E-state index in [1.54, 1.807) is 4.52 Å².